The van der Waals surface area contributed by atoms with E-state index in [0.29, 0.717) is 12.8 Å². The predicted octanol–water partition coefficient (Wildman–Crippen LogP) is 7.95. The molecule has 1 rings (SSSR count). The van der Waals surface area contributed by atoms with Crippen LogP contribution in [0, 0.1) is 22.2 Å². The van der Waals surface area contributed by atoms with E-state index >= 15 is 0 Å². The average molecular weight is 669 g/mol. The lowest BCUT2D eigenvalue weighted by Crippen LogP contribution is -2.36. The lowest BCUT2D eigenvalue weighted by Gasteiger charge is -2.29. The topological polar surface area (TPSA) is 122 Å². The number of alkyl halides is 3. The summed E-state index contributed by atoms with van der Waals surface area (Å²) < 4.78 is 55.6. The third kappa shape index (κ3) is 19.1. The number of carbonyl (C=O) groups is 5. The van der Waals surface area contributed by atoms with Crippen molar-refractivity contribution < 1.29 is 56.1 Å². The SMILES string of the molecule is CCC(C)(C)C(=O)OC(C)C(F)(F)F.CCC(C)(C)C(=O)OC1CCC(C)CC1.CCC(C)(C)C(=O)OCCOC(=O)CC(C)=O. The molecule has 0 radical (unpaired) electrons. The van der Waals surface area contributed by atoms with Crippen molar-refractivity contribution in [3.05, 3.63) is 0 Å². The van der Waals surface area contributed by atoms with Gasteiger partial charge in [-0.3, -0.25) is 24.0 Å². The number of hydrogen-bond acceptors (Lipinski definition) is 9. The van der Waals surface area contributed by atoms with Gasteiger partial charge in [-0.1, -0.05) is 27.7 Å². The van der Waals surface area contributed by atoms with E-state index in [1.165, 1.54) is 19.8 Å². The first-order chi connectivity index (χ1) is 20.9. The smallest absolute Gasteiger partial charge is 0.425 e. The van der Waals surface area contributed by atoms with Gasteiger partial charge in [-0.15, -0.1) is 0 Å². The summed E-state index contributed by atoms with van der Waals surface area (Å²) in [5, 5.41) is 0. The summed E-state index contributed by atoms with van der Waals surface area (Å²) in [6, 6.07) is 0. The van der Waals surface area contributed by atoms with Gasteiger partial charge in [0.15, 0.2) is 6.10 Å². The van der Waals surface area contributed by atoms with Crippen molar-refractivity contribution in [1.82, 2.24) is 0 Å². The minimum Gasteiger partial charge on any atom is -0.462 e. The summed E-state index contributed by atoms with van der Waals surface area (Å²) in [6.07, 6.45) is -0.135. The van der Waals surface area contributed by atoms with Crippen LogP contribution < -0.4 is 0 Å². The monoisotopic (exact) mass is 668 g/mol. The Hall–Kier alpha value is -2.66. The van der Waals surface area contributed by atoms with Gasteiger partial charge >= 0.3 is 30.1 Å². The molecule has 0 heterocycles. The maximum Gasteiger partial charge on any atom is 0.425 e. The molecule has 0 amide bonds. The molecule has 0 aliphatic heterocycles. The number of ketones is 1. The van der Waals surface area contributed by atoms with Crippen LogP contribution in [-0.4, -0.2) is 61.3 Å². The molecular weight excluding hydrogens is 609 g/mol. The van der Waals surface area contributed by atoms with Gasteiger partial charge < -0.3 is 18.9 Å². The highest BCUT2D eigenvalue weighted by Gasteiger charge is 2.41. The van der Waals surface area contributed by atoms with Gasteiger partial charge in [0.2, 0.25) is 0 Å². The van der Waals surface area contributed by atoms with E-state index < -0.39 is 35.0 Å². The zero-order chi connectivity index (χ0) is 36.5. The van der Waals surface area contributed by atoms with E-state index in [1.54, 1.807) is 34.6 Å². The molecule has 1 saturated carbocycles. The van der Waals surface area contributed by atoms with Gasteiger partial charge in [0.05, 0.1) is 16.2 Å². The number of carbonyl (C=O) groups excluding carboxylic acids is 5. The molecule has 0 spiro atoms. The molecule has 1 aliphatic rings. The standard InChI is InChI=1S/C13H24O2.C12H20O5.C9H15F3O2/c1-5-13(3,4)12(14)15-11-8-6-10(2)7-9-11;1-5-12(3,4)11(15)17-7-6-16-10(14)8-9(2)13;1-5-8(3,4)7(13)14-6(2)9(10,11)12/h10-11H,5-9H2,1-4H3;5-8H2,1-4H3;6H,5H2,1-4H3. The fourth-order valence-corrected chi connectivity index (χ4v) is 3.22. The molecule has 46 heavy (non-hydrogen) atoms. The van der Waals surface area contributed by atoms with E-state index in [2.05, 4.69) is 11.7 Å². The van der Waals surface area contributed by atoms with Crippen molar-refractivity contribution in [2.45, 2.75) is 153 Å². The number of hydrogen-bond donors (Lipinski definition) is 0. The molecule has 0 aromatic heterocycles. The Kier molecular flexibility index (Phi) is 20.3. The quantitative estimate of drug-likeness (QED) is 0.0833. The van der Waals surface area contributed by atoms with Gasteiger partial charge in [-0.2, -0.15) is 13.2 Å². The Morgan fingerprint density at radius 3 is 1.52 bits per heavy atom. The highest BCUT2D eigenvalue weighted by atomic mass is 19.4. The second-order valence-electron chi connectivity index (χ2n) is 13.8. The Morgan fingerprint density at radius 2 is 1.11 bits per heavy atom. The van der Waals surface area contributed by atoms with Crippen LogP contribution in [0.3, 0.4) is 0 Å². The first kappa shape index (κ1) is 45.5. The van der Waals surface area contributed by atoms with Gasteiger partial charge in [-0.25, -0.2) is 0 Å². The van der Waals surface area contributed by atoms with Gasteiger partial charge in [0, 0.05) is 0 Å². The summed E-state index contributed by atoms with van der Waals surface area (Å²) in [6.45, 7) is 20.7. The molecule has 9 nitrogen and oxygen atoms in total. The number of ether oxygens (including phenoxy) is 4. The van der Waals surface area contributed by atoms with Crippen LogP contribution in [0.1, 0.15) is 134 Å². The molecular formula is C34H59F3O9. The van der Waals surface area contributed by atoms with Gasteiger partial charge in [0.1, 0.15) is 31.5 Å². The molecule has 1 fully saturated rings. The fourth-order valence-electron chi connectivity index (χ4n) is 3.22. The van der Waals surface area contributed by atoms with Crippen LogP contribution in [0.5, 0.6) is 0 Å². The molecule has 0 aromatic carbocycles. The molecule has 1 aliphatic carbocycles. The van der Waals surface area contributed by atoms with E-state index in [9.17, 15) is 37.1 Å². The molecule has 1 atom stereocenters. The van der Waals surface area contributed by atoms with Crippen LogP contribution in [0.2, 0.25) is 0 Å². The first-order valence-corrected chi connectivity index (χ1v) is 16.2. The number of halogens is 3. The van der Waals surface area contributed by atoms with Crippen LogP contribution in [0.25, 0.3) is 0 Å². The number of esters is 4. The molecule has 0 saturated heterocycles. The minimum atomic E-state index is -4.49. The lowest BCUT2D eigenvalue weighted by molar-refractivity contribution is -0.221. The summed E-state index contributed by atoms with van der Waals surface area (Å²) in [5.74, 6) is -1.20. The van der Waals surface area contributed by atoms with Crippen molar-refractivity contribution in [3.63, 3.8) is 0 Å². The Bertz CT molecular complexity index is 963. The first-order valence-electron chi connectivity index (χ1n) is 16.2. The summed E-state index contributed by atoms with van der Waals surface area (Å²) in [4.78, 5) is 56.1. The maximum atomic E-state index is 12.0. The van der Waals surface area contributed by atoms with Crippen molar-refractivity contribution in [2.75, 3.05) is 13.2 Å². The summed E-state index contributed by atoms with van der Waals surface area (Å²) in [7, 11) is 0. The van der Waals surface area contributed by atoms with Crippen molar-refractivity contribution in [3.8, 4) is 0 Å². The minimum absolute atomic E-state index is 0.0162. The van der Waals surface area contributed by atoms with E-state index in [0.717, 1.165) is 32.1 Å². The Morgan fingerprint density at radius 1 is 0.696 bits per heavy atom. The van der Waals surface area contributed by atoms with Crippen molar-refractivity contribution >= 4 is 29.7 Å². The van der Waals surface area contributed by atoms with Crippen LogP contribution in [0.15, 0.2) is 0 Å². The van der Waals surface area contributed by atoms with Crippen molar-refractivity contribution in [2.24, 2.45) is 22.2 Å². The average Bonchev–Trinajstić information content (AvgIpc) is 2.95. The van der Waals surface area contributed by atoms with E-state index in [4.69, 9.17) is 14.2 Å². The number of rotatable bonds is 13. The second-order valence-corrected chi connectivity index (χ2v) is 13.8. The van der Waals surface area contributed by atoms with Crippen LogP contribution in [-0.2, 0) is 42.9 Å². The molecule has 0 N–H and O–H groups in total. The zero-order valence-electron chi connectivity index (χ0n) is 30.1. The molecule has 0 bridgehead atoms. The number of Topliss-reactive ketones (excluding diaryl/α,β-unsaturated/α-hetero) is 1. The molecule has 12 heteroatoms. The van der Waals surface area contributed by atoms with Gasteiger partial charge in [-0.05, 0) is 106 Å². The van der Waals surface area contributed by atoms with Crippen molar-refractivity contribution in [1.29, 1.82) is 0 Å². The highest BCUT2D eigenvalue weighted by molar-refractivity contribution is 5.94. The predicted molar refractivity (Wildman–Crippen MR) is 169 cm³/mol. The molecule has 1 unspecified atom stereocenters. The Labute approximate surface area is 274 Å². The third-order valence-electron chi connectivity index (χ3n) is 8.26. The second kappa shape index (κ2) is 20.5. The summed E-state index contributed by atoms with van der Waals surface area (Å²) >= 11 is 0. The summed E-state index contributed by atoms with van der Waals surface area (Å²) in [5.41, 5.74) is -1.70. The third-order valence-corrected chi connectivity index (χ3v) is 8.26. The lowest BCUT2D eigenvalue weighted by atomic mass is 9.87. The highest BCUT2D eigenvalue weighted by Crippen LogP contribution is 2.30. The van der Waals surface area contributed by atoms with Crippen LogP contribution >= 0.6 is 0 Å². The normalized spacial score (nSPS) is 17.5. The Balaban J connectivity index is 0. The van der Waals surface area contributed by atoms with Crippen LogP contribution in [0.4, 0.5) is 13.2 Å². The largest absolute Gasteiger partial charge is 0.462 e. The van der Waals surface area contributed by atoms with E-state index in [-0.39, 0.29) is 48.9 Å². The zero-order valence-corrected chi connectivity index (χ0v) is 30.1. The fraction of sp³-hybridized carbons (Fsp3) is 0.853. The molecule has 0 aromatic rings. The maximum absolute atomic E-state index is 12.0. The molecule has 270 valence electrons. The van der Waals surface area contributed by atoms with Gasteiger partial charge in [0.25, 0.3) is 0 Å². The van der Waals surface area contributed by atoms with E-state index in [1.807, 2.05) is 27.7 Å².